The molecule has 1 aliphatic rings. The third-order valence-corrected chi connectivity index (χ3v) is 3.70. The van der Waals surface area contributed by atoms with E-state index in [1.165, 1.54) is 12.5 Å². The second kappa shape index (κ2) is 7.13. The molecule has 2 rings (SSSR count). The molecule has 0 aromatic heterocycles. The molecule has 6 heteroatoms. The molecule has 2 N–H and O–H groups in total. The molecule has 0 atom stereocenters. The van der Waals surface area contributed by atoms with E-state index in [1.54, 1.807) is 6.07 Å². The van der Waals surface area contributed by atoms with Crippen molar-refractivity contribution in [3.8, 4) is 5.75 Å². The highest BCUT2D eigenvalue weighted by Crippen LogP contribution is 2.36. The van der Waals surface area contributed by atoms with Crippen LogP contribution in [0.5, 0.6) is 5.75 Å². The molecule has 21 heavy (non-hydrogen) atoms. The number of piperidine rings is 1. The van der Waals surface area contributed by atoms with Crippen molar-refractivity contribution < 1.29 is 17.9 Å². The molecule has 0 aliphatic carbocycles. The maximum atomic E-state index is 13.0. The zero-order valence-corrected chi connectivity index (χ0v) is 12.0. The molecule has 118 valence electrons. The van der Waals surface area contributed by atoms with Crippen molar-refractivity contribution in [1.82, 2.24) is 4.90 Å². The number of rotatable bonds is 5. The third kappa shape index (κ3) is 4.61. The molecule has 0 amide bonds. The van der Waals surface area contributed by atoms with Gasteiger partial charge in [-0.05, 0) is 43.6 Å². The van der Waals surface area contributed by atoms with Gasteiger partial charge in [0.15, 0.2) is 0 Å². The van der Waals surface area contributed by atoms with Crippen LogP contribution in [0.1, 0.15) is 30.4 Å². The van der Waals surface area contributed by atoms with Gasteiger partial charge in [0.1, 0.15) is 12.4 Å². The van der Waals surface area contributed by atoms with E-state index >= 15 is 0 Å². The summed E-state index contributed by atoms with van der Waals surface area (Å²) >= 11 is 0. The Bertz CT molecular complexity index is 457. The standard InChI is InChI=1S/C15H21F3N2O/c16-15(17,18)13-10-12(11-19)4-5-14(13)21-9-8-20-6-2-1-3-7-20/h4-5,10H,1-3,6-9,11,19H2. The number of hydrogen-bond donors (Lipinski definition) is 1. The first-order valence-corrected chi connectivity index (χ1v) is 7.26. The van der Waals surface area contributed by atoms with Gasteiger partial charge in [0, 0.05) is 13.1 Å². The first kappa shape index (κ1) is 16.1. The summed E-state index contributed by atoms with van der Waals surface area (Å²) in [6.45, 7) is 3.02. The van der Waals surface area contributed by atoms with Gasteiger partial charge in [0.05, 0.1) is 5.56 Å². The second-order valence-corrected chi connectivity index (χ2v) is 5.28. The van der Waals surface area contributed by atoms with Crippen LogP contribution >= 0.6 is 0 Å². The molecule has 1 fully saturated rings. The van der Waals surface area contributed by atoms with E-state index in [2.05, 4.69) is 4.90 Å². The molecule has 0 unspecified atom stereocenters. The third-order valence-electron chi connectivity index (χ3n) is 3.70. The fourth-order valence-electron chi connectivity index (χ4n) is 2.52. The molecule has 3 nitrogen and oxygen atoms in total. The van der Waals surface area contributed by atoms with E-state index in [4.69, 9.17) is 10.5 Å². The van der Waals surface area contributed by atoms with Crippen molar-refractivity contribution in [1.29, 1.82) is 0 Å². The van der Waals surface area contributed by atoms with Gasteiger partial charge < -0.3 is 10.5 Å². The second-order valence-electron chi connectivity index (χ2n) is 5.28. The summed E-state index contributed by atoms with van der Waals surface area (Å²) in [6, 6.07) is 4.00. The van der Waals surface area contributed by atoms with E-state index in [0.29, 0.717) is 12.1 Å². The fourth-order valence-corrected chi connectivity index (χ4v) is 2.52. The minimum absolute atomic E-state index is 0.0805. The predicted molar refractivity (Wildman–Crippen MR) is 75.1 cm³/mol. The SMILES string of the molecule is NCc1ccc(OCCN2CCCCC2)c(C(F)(F)F)c1. The summed E-state index contributed by atoms with van der Waals surface area (Å²) in [4.78, 5) is 2.23. The minimum atomic E-state index is -4.42. The van der Waals surface area contributed by atoms with Crippen molar-refractivity contribution in [2.45, 2.75) is 32.0 Å². The molecular weight excluding hydrogens is 281 g/mol. The van der Waals surface area contributed by atoms with Gasteiger partial charge in [-0.2, -0.15) is 13.2 Å². The van der Waals surface area contributed by atoms with Crippen LogP contribution in [0.4, 0.5) is 13.2 Å². The number of hydrogen-bond acceptors (Lipinski definition) is 3. The van der Waals surface area contributed by atoms with Gasteiger partial charge in [0.25, 0.3) is 0 Å². The van der Waals surface area contributed by atoms with Gasteiger partial charge in [0.2, 0.25) is 0 Å². The number of ether oxygens (including phenoxy) is 1. The fraction of sp³-hybridized carbons (Fsp3) is 0.600. The lowest BCUT2D eigenvalue weighted by Gasteiger charge is -2.26. The van der Waals surface area contributed by atoms with Crippen LogP contribution in [0.3, 0.4) is 0 Å². The quantitative estimate of drug-likeness (QED) is 0.908. The Morgan fingerprint density at radius 3 is 2.48 bits per heavy atom. The minimum Gasteiger partial charge on any atom is -0.492 e. The molecule has 1 heterocycles. The van der Waals surface area contributed by atoms with E-state index in [9.17, 15) is 13.2 Å². The van der Waals surface area contributed by atoms with Crippen LogP contribution in [-0.4, -0.2) is 31.1 Å². The van der Waals surface area contributed by atoms with Crippen molar-refractivity contribution in [2.75, 3.05) is 26.2 Å². The topological polar surface area (TPSA) is 38.5 Å². The van der Waals surface area contributed by atoms with Gasteiger partial charge >= 0.3 is 6.18 Å². The van der Waals surface area contributed by atoms with Crippen molar-refractivity contribution in [3.63, 3.8) is 0 Å². The number of alkyl halides is 3. The number of nitrogens with zero attached hydrogens (tertiary/aromatic N) is 1. The molecule has 0 bridgehead atoms. The largest absolute Gasteiger partial charge is 0.492 e. The van der Waals surface area contributed by atoms with Gasteiger partial charge in [-0.3, -0.25) is 4.90 Å². The van der Waals surface area contributed by atoms with E-state index < -0.39 is 11.7 Å². The smallest absolute Gasteiger partial charge is 0.419 e. The average molecular weight is 302 g/mol. The highest BCUT2D eigenvalue weighted by Gasteiger charge is 2.34. The first-order chi connectivity index (χ1) is 10.0. The maximum absolute atomic E-state index is 13.0. The van der Waals surface area contributed by atoms with Crippen LogP contribution in [0.2, 0.25) is 0 Å². The summed E-state index contributed by atoms with van der Waals surface area (Å²) in [6.07, 6.45) is -0.889. The Balaban J connectivity index is 1.98. The lowest BCUT2D eigenvalue weighted by molar-refractivity contribution is -0.139. The van der Waals surface area contributed by atoms with Gasteiger partial charge in [-0.1, -0.05) is 12.5 Å². The molecule has 1 aromatic rings. The van der Waals surface area contributed by atoms with E-state index in [0.717, 1.165) is 32.0 Å². The summed E-state index contributed by atoms with van der Waals surface area (Å²) in [5.41, 5.74) is 5.10. The lowest BCUT2D eigenvalue weighted by Crippen LogP contribution is -2.33. The van der Waals surface area contributed by atoms with E-state index in [-0.39, 0.29) is 18.9 Å². The zero-order chi connectivity index (χ0) is 15.3. The molecule has 1 aliphatic heterocycles. The number of halogens is 3. The first-order valence-electron chi connectivity index (χ1n) is 7.26. The molecule has 0 radical (unpaired) electrons. The Labute approximate surface area is 122 Å². The highest BCUT2D eigenvalue weighted by atomic mass is 19.4. The molecule has 1 aromatic carbocycles. The van der Waals surface area contributed by atoms with Crippen LogP contribution in [0.25, 0.3) is 0 Å². The van der Waals surface area contributed by atoms with Crippen LogP contribution in [-0.2, 0) is 12.7 Å². The van der Waals surface area contributed by atoms with Crippen molar-refractivity contribution in [2.24, 2.45) is 5.73 Å². The maximum Gasteiger partial charge on any atom is 0.419 e. The normalized spacial score (nSPS) is 17.0. The predicted octanol–water partition coefficient (Wildman–Crippen LogP) is 3.03. The Morgan fingerprint density at radius 2 is 1.86 bits per heavy atom. The summed E-state index contributed by atoms with van der Waals surface area (Å²) in [5.74, 6) is -0.114. The number of nitrogens with two attached hydrogens (primary N) is 1. The molecule has 0 spiro atoms. The average Bonchev–Trinajstić information content (AvgIpc) is 2.47. The Kier molecular flexibility index (Phi) is 5.47. The van der Waals surface area contributed by atoms with Crippen molar-refractivity contribution >= 4 is 0 Å². The Hall–Kier alpha value is -1.27. The number of benzene rings is 1. The van der Waals surface area contributed by atoms with Gasteiger partial charge in [-0.25, -0.2) is 0 Å². The molecule has 0 saturated carbocycles. The summed E-state index contributed by atoms with van der Waals surface area (Å²) in [5, 5.41) is 0. The lowest BCUT2D eigenvalue weighted by atomic mass is 10.1. The van der Waals surface area contributed by atoms with E-state index in [1.807, 2.05) is 0 Å². The highest BCUT2D eigenvalue weighted by molar-refractivity contribution is 5.39. The van der Waals surface area contributed by atoms with Crippen LogP contribution < -0.4 is 10.5 Å². The van der Waals surface area contributed by atoms with Crippen LogP contribution in [0, 0.1) is 0 Å². The van der Waals surface area contributed by atoms with Gasteiger partial charge in [-0.15, -0.1) is 0 Å². The summed E-state index contributed by atoms with van der Waals surface area (Å²) < 4.78 is 44.4. The molecule has 1 saturated heterocycles. The number of likely N-dealkylation sites (tertiary alicyclic amines) is 1. The van der Waals surface area contributed by atoms with Crippen molar-refractivity contribution in [3.05, 3.63) is 29.3 Å². The Morgan fingerprint density at radius 1 is 1.14 bits per heavy atom. The summed E-state index contributed by atoms with van der Waals surface area (Å²) in [7, 11) is 0. The zero-order valence-electron chi connectivity index (χ0n) is 12.0. The monoisotopic (exact) mass is 302 g/mol. The molecular formula is C15H21F3N2O. The van der Waals surface area contributed by atoms with Crippen LogP contribution in [0.15, 0.2) is 18.2 Å².